The third-order valence-electron chi connectivity index (χ3n) is 7.47. The van der Waals surface area contributed by atoms with E-state index in [1.165, 1.54) is 6.07 Å². The summed E-state index contributed by atoms with van der Waals surface area (Å²) in [6.45, 7) is 1.12. The Morgan fingerprint density at radius 3 is 2.61 bits per heavy atom. The molecule has 2 aliphatic carbocycles. The molecular weight excluding hydrogens is 421 g/mol. The SMILES string of the molecule is COc1ccc(CNC(=O)NC2CC3(C2)CC(C(=O)N2CCCc4c(F)cccc42)C3)cc1. The van der Waals surface area contributed by atoms with Gasteiger partial charge in [-0.25, -0.2) is 9.18 Å². The Morgan fingerprint density at radius 1 is 1.12 bits per heavy atom. The number of nitrogens with one attached hydrogen (secondary N) is 2. The molecule has 0 radical (unpaired) electrons. The zero-order chi connectivity index (χ0) is 23.0. The molecule has 3 amide bonds. The molecule has 2 saturated carbocycles. The van der Waals surface area contributed by atoms with Crippen LogP contribution in [0.4, 0.5) is 14.9 Å². The Balaban J connectivity index is 1.07. The Kier molecular flexibility index (Phi) is 5.72. The molecule has 1 heterocycles. The minimum absolute atomic E-state index is 0.00376. The number of nitrogens with zero attached hydrogens (tertiary/aromatic N) is 1. The lowest BCUT2D eigenvalue weighted by molar-refractivity contribution is -0.135. The maximum Gasteiger partial charge on any atom is 0.315 e. The van der Waals surface area contributed by atoms with Gasteiger partial charge in [-0.15, -0.1) is 0 Å². The van der Waals surface area contributed by atoms with Crippen LogP contribution in [0.25, 0.3) is 0 Å². The topological polar surface area (TPSA) is 70.7 Å². The zero-order valence-electron chi connectivity index (χ0n) is 18.9. The van der Waals surface area contributed by atoms with Crippen LogP contribution < -0.4 is 20.3 Å². The minimum atomic E-state index is -0.215. The first kappa shape index (κ1) is 21.7. The number of methoxy groups -OCH3 is 1. The molecule has 7 heteroatoms. The van der Waals surface area contributed by atoms with E-state index in [-0.39, 0.29) is 35.1 Å². The highest BCUT2D eigenvalue weighted by Crippen LogP contribution is 2.59. The molecule has 174 valence electrons. The van der Waals surface area contributed by atoms with Crippen molar-refractivity contribution < 1.29 is 18.7 Å². The molecule has 0 bridgehead atoms. The molecule has 1 spiro atoms. The number of hydrogen-bond acceptors (Lipinski definition) is 3. The van der Waals surface area contributed by atoms with Gasteiger partial charge in [0.2, 0.25) is 5.91 Å². The number of ether oxygens (including phenoxy) is 1. The molecule has 0 atom stereocenters. The first-order valence-corrected chi connectivity index (χ1v) is 11.7. The normalized spacial score (nSPS) is 25.5. The maximum absolute atomic E-state index is 14.1. The fourth-order valence-corrected chi connectivity index (χ4v) is 5.77. The Labute approximate surface area is 193 Å². The molecule has 0 aromatic heterocycles. The number of hydrogen-bond donors (Lipinski definition) is 2. The summed E-state index contributed by atoms with van der Waals surface area (Å²) in [7, 11) is 1.63. The van der Waals surface area contributed by atoms with E-state index in [0.29, 0.717) is 25.1 Å². The quantitative estimate of drug-likeness (QED) is 0.717. The third-order valence-corrected chi connectivity index (χ3v) is 7.47. The molecule has 33 heavy (non-hydrogen) atoms. The van der Waals surface area contributed by atoms with Gasteiger partial charge in [0.25, 0.3) is 0 Å². The van der Waals surface area contributed by atoms with E-state index in [1.54, 1.807) is 18.1 Å². The van der Waals surface area contributed by atoms with Crippen LogP contribution in [0.1, 0.15) is 43.2 Å². The fourth-order valence-electron chi connectivity index (χ4n) is 5.77. The Hall–Kier alpha value is -3.09. The minimum Gasteiger partial charge on any atom is -0.497 e. The number of carbonyl (C=O) groups excluding carboxylic acids is 2. The lowest BCUT2D eigenvalue weighted by Gasteiger charge is -2.57. The highest BCUT2D eigenvalue weighted by Gasteiger charge is 2.55. The molecule has 0 saturated heterocycles. The monoisotopic (exact) mass is 451 g/mol. The summed E-state index contributed by atoms with van der Waals surface area (Å²) in [6, 6.07) is 12.6. The number of benzene rings is 2. The van der Waals surface area contributed by atoms with Crippen molar-refractivity contribution in [2.45, 2.75) is 51.1 Å². The van der Waals surface area contributed by atoms with E-state index in [1.807, 2.05) is 30.3 Å². The van der Waals surface area contributed by atoms with Crippen LogP contribution in [0.2, 0.25) is 0 Å². The summed E-state index contributed by atoms with van der Waals surface area (Å²) in [5, 5.41) is 5.95. The number of amides is 3. The molecule has 2 aromatic carbocycles. The van der Waals surface area contributed by atoms with Crippen LogP contribution in [0.5, 0.6) is 5.75 Å². The number of anilines is 1. The molecular formula is C26H30FN3O3. The highest BCUT2D eigenvalue weighted by atomic mass is 19.1. The van der Waals surface area contributed by atoms with Crippen LogP contribution in [-0.4, -0.2) is 31.6 Å². The number of rotatable bonds is 5. The number of fused-ring (bicyclic) bond motifs is 1. The Morgan fingerprint density at radius 2 is 1.88 bits per heavy atom. The van der Waals surface area contributed by atoms with E-state index in [2.05, 4.69) is 10.6 Å². The first-order chi connectivity index (χ1) is 16.0. The van der Waals surface area contributed by atoms with Gasteiger partial charge in [-0.3, -0.25) is 4.79 Å². The van der Waals surface area contributed by atoms with Gasteiger partial charge in [0.05, 0.1) is 7.11 Å². The van der Waals surface area contributed by atoms with E-state index >= 15 is 0 Å². The van der Waals surface area contributed by atoms with Crippen LogP contribution >= 0.6 is 0 Å². The van der Waals surface area contributed by atoms with Crippen molar-refractivity contribution in [3.05, 3.63) is 59.4 Å². The fraction of sp³-hybridized carbons (Fsp3) is 0.462. The second-order valence-electron chi connectivity index (χ2n) is 9.72. The molecule has 6 nitrogen and oxygen atoms in total. The van der Waals surface area contributed by atoms with Crippen molar-refractivity contribution in [2.75, 3.05) is 18.6 Å². The van der Waals surface area contributed by atoms with Gasteiger partial charge >= 0.3 is 6.03 Å². The van der Waals surface area contributed by atoms with Crippen LogP contribution in [0.15, 0.2) is 42.5 Å². The van der Waals surface area contributed by atoms with Gasteiger partial charge in [0.1, 0.15) is 11.6 Å². The summed E-state index contributed by atoms with van der Waals surface area (Å²) in [6.07, 6.45) is 5.04. The van der Waals surface area contributed by atoms with Gasteiger partial charge in [-0.1, -0.05) is 18.2 Å². The van der Waals surface area contributed by atoms with Crippen molar-refractivity contribution in [3.63, 3.8) is 0 Å². The number of halogens is 1. The van der Waals surface area contributed by atoms with Gasteiger partial charge in [-0.2, -0.15) is 0 Å². The molecule has 5 rings (SSSR count). The third kappa shape index (κ3) is 4.28. The smallest absolute Gasteiger partial charge is 0.315 e. The van der Waals surface area contributed by atoms with E-state index in [4.69, 9.17) is 4.74 Å². The van der Waals surface area contributed by atoms with Crippen LogP contribution in [0.3, 0.4) is 0 Å². The van der Waals surface area contributed by atoms with Gasteiger partial charge in [0, 0.05) is 36.3 Å². The number of carbonyl (C=O) groups is 2. The summed E-state index contributed by atoms with van der Waals surface area (Å²) in [5.41, 5.74) is 2.60. The lowest BCUT2D eigenvalue weighted by Crippen LogP contribution is -2.59. The lowest BCUT2D eigenvalue weighted by atomic mass is 9.49. The molecule has 2 N–H and O–H groups in total. The molecule has 3 aliphatic rings. The summed E-state index contributed by atoms with van der Waals surface area (Å²) >= 11 is 0. The molecule has 0 unspecified atom stereocenters. The number of urea groups is 1. The predicted octanol–water partition coefficient (Wildman–Crippen LogP) is 4.17. The van der Waals surface area contributed by atoms with E-state index in [9.17, 15) is 14.0 Å². The summed E-state index contributed by atoms with van der Waals surface area (Å²) < 4.78 is 19.3. The van der Waals surface area contributed by atoms with Crippen molar-refractivity contribution in [1.29, 1.82) is 0 Å². The second-order valence-corrected chi connectivity index (χ2v) is 9.72. The highest BCUT2D eigenvalue weighted by molar-refractivity contribution is 5.96. The van der Waals surface area contributed by atoms with Crippen molar-refractivity contribution in [1.82, 2.24) is 10.6 Å². The largest absolute Gasteiger partial charge is 0.497 e. The van der Waals surface area contributed by atoms with Crippen LogP contribution in [-0.2, 0) is 17.8 Å². The molecule has 2 fully saturated rings. The predicted molar refractivity (Wildman–Crippen MR) is 124 cm³/mol. The average Bonchev–Trinajstić information content (AvgIpc) is 2.78. The van der Waals surface area contributed by atoms with E-state index < -0.39 is 0 Å². The van der Waals surface area contributed by atoms with Gasteiger partial charge < -0.3 is 20.3 Å². The average molecular weight is 452 g/mol. The summed E-state index contributed by atoms with van der Waals surface area (Å²) in [4.78, 5) is 27.2. The maximum atomic E-state index is 14.1. The molecule has 2 aromatic rings. The summed E-state index contributed by atoms with van der Waals surface area (Å²) in [5.74, 6) is 0.704. The van der Waals surface area contributed by atoms with Crippen molar-refractivity contribution >= 4 is 17.6 Å². The second kappa shape index (κ2) is 8.69. The van der Waals surface area contributed by atoms with Crippen molar-refractivity contribution in [2.24, 2.45) is 11.3 Å². The molecule has 1 aliphatic heterocycles. The van der Waals surface area contributed by atoms with E-state index in [0.717, 1.165) is 49.1 Å². The van der Waals surface area contributed by atoms with Crippen molar-refractivity contribution in [3.8, 4) is 5.75 Å². The Bertz CT molecular complexity index is 1040. The van der Waals surface area contributed by atoms with Gasteiger partial charge in [-0.05, 0) is 73.8 Å². The first-order valence-electron chi connectivity index (χ1n) is 11.7. The van der Waals surface area contributed by atoms with Crippen LogP contribution in [0, 0.1) is 17.2 Å². The standard InChI is InChI=1S/C26H30FN3O3/c1-33-20-9-7-17(8-10-20)16-28-25(32)29-19-14-26(15-19)12-18(13-26)24(31)30-11-3-4-21-22(27)5-2-6-23(21)30/h2,5-10,18-19H,3-4,11-16H2,1H3,(H2,28,29,32). The zero-order valence-corrected chi connectivity index (χ0v) is 18.9. The van der Waals surface area contributed by atoms with Gasteiger partial charge in [0.15, 0.2) is 0 Å².